The number of nitrogens with one attached hydrogen (secondary N) is 1. The average Bonchev–Trinajstić information content (AvgIpc) is 3.06. The predicted molar refractivity (Wildman–Crippen MR) is 105 cm³/mol. The molecule has 1 amide bonds. The second-order valence-electron chi connectivity index (χ2n) is 6.40. The van der Waals surface area contributed by atoms with Gasteiger partial charge in [-0.3, -0.25) is 4.79 Å². The van der Waals surface area contributed by atoms with E-state index >= 15 is 0 Å². The minimum Gasteiger partial charge on any atom is -0.452 e. The van der Waals surface area contributed by atoms with Gasteiger partial charge in [0, 0.05) is 6.54 Å². The fraction of sp³-hybridized carbons (Fsp3) is 0.190. The van der Waals surface area contributed by atoms with Crippen molar-refractivity contribution in [2.45, 2.75) is 20.4 Å². The van der Waals surface area contributed by atoms with Crippen molar-refractivity contribution in [2.24, 2.45) is 0 Å². The van der Waals surface area contributed by atoms with E-state index in [0.717, 1.165) is 11.1 Å². The minimum atomic E-state index is -0.858. The molecule has 0 aliphatic carbocycles. The molecule has 2 aromatic carbocycles. The zero-order chi connectivity index (χ0) is 21.0. The van der Waals surface area contributed by atoms with E-state index in [2.05, 4.69) is 10.5 Å². The van der Waals surface area contributed by atoms with E-state index in [9.17, 15) is 14.0 Å². The number of hydrogen-bond acceptors (Lipinski definition) is 5. The Bertz CT molecular complexity index is 1030. The van der Waals surface area contributed by atoms with Crippen LogP contribution in [-0.4, -0.2) is 23.6 Å². The molecule has 1 aromatic heterocycles. The van der Waals surface area contributed by atoms with Crippen LogP contribution in [0.2, 0.25) is 5.02 Å². The van der Waals surface area contributed by atoms with E-state index in [4.69, 9.17) is 20.9 Å². The largest absolute Gasteiger partial charge is 0.452 e. The van der Waals surface area contributed by atoms with Crippen molar-refractivity contribution in [1.29, 1.82) is 0 Å². The van der Waals surface area contributed by atoms with Crippen LogP contribution in [0.15, 0.2) is 47.0 Å². The summed E-state index contributed by atoms with van der Waals surface area (Å²) < 4.78 is 24.3. The highest BCUT2D eigenvalue weighted by molar-refractivity contribution is 6.33. The molecule has 8 heteroatoms. The molecule has 0 aliphatic heterocycles. The Morgan fingerprint density at radius 1 is 1.17 bits per heavy atom. The second kappa shape index (κ2) is 8.87. The SMILES string of the molecule is Cc1ccc(CNC(=O)COC(=O)c2c(-c3c(F)cccc3Cl)noc2C)cc1. The Hall–Kier alpha value is -3.19. The van der Waals surface area contributed by atoms with E-state index in [1.54, 1.807) is 0 Å². The van der Waals surface area contributed by atoms with Crippen LogP contribution in [0.4, 0.5) is 4.39 Å². The maximum atomic E-state index is 14.2. The van der Waals surface area contributed by atoms with Gasteiger partial charge in [-0.2, -0.15) is 0 Å². The fourth-order valence-electron chi connectivity index (χ4n) is 2.67. The topological polar surface area (TPSA) is 81.4 Å². The Labute approximate surface area is 171 Å². The normalized spacial score (nSPS) is 10.6. The van der Waals surface area contributed by atoms with Crippen LogP contribution in [0, 0.1) is 19.7 Å². The van der Waals surface area contributed by atoms with Crippen LogP contribution in [0.25, 0.3) is 11.3 Å². The first kappa shape index (κ1) is 20.5. The number of rotatable bonds is 6. The highest BCUT2D eigenvalue weighted by Gasteiger charge is 2.26. The number of benzene rings is 2. The van der Waals surface area contributed by atoms with Crippen molar-refractivity contribution in [3.05, 3.63) is 75.8 Å². The Balaban J connectivity index is 1.66. The molecular weight excluding hydrogens is 399 g/mol. The van der Waals surface area contributed by atoms with Crippen LogP contribution in [0.5, 0.6) is 0 Å². The lowest BCUT2D eigenvalue weighted by Crippen LogP contribution is -2.28. The van der Waals surface area contributed by atoms with Crippen LogP contribution in [0.3, 0.4) is 0 Å². The number of esters is 1. The maximum absolute atomic E-state index is 14.2. The third-order valence-corrected chi connectivity index (χ3v) is 4.53. The Morgan fingerprint density at radius 3 is 2.59 bits per heavy atom. The van der Waals surface area contributed by atoms with E-state index in [1.165, 1.54) is 25.1 Å². The first-order chi connectivity index (χ1) is 13.9. The molecule has 0 atom stereocenters. The third-order valence-electron chi connectivity index (χ3n) is 4.21. The molecule has 29 heavy (non-hydrogen) atoms. The maximum Gasteiger partial charge on any atom is 0.344 e. The summed E-state index contributed by atoms with van der Waals surface area (Å²) in [5, 5.41) is 6.47. The standard InChI is InChI=1S/C21H18ClFN2O4/c1-12-6-8-14(9-7-12)10-24-17(26)11-28-21(27)18-13(2)29-25-20(18)19-15(22)4-3-5-16(19)23/h3-9H,10-11H2,1-2H3,(H,24,26). The Kier molecular flexibility index (Phi) is 6.29. The van der Waals surface area contributed by atoms with Gasteiger partial charge in [-0.1, -0.05) is 52.7 Å². The molecule has 1 heterocycles. The molecule has 0 aliphatic rings. The lowest BCUT2D eigenvalue weighted by molar-refractivity contribution is -0.124. The number of aromatic nitrogens is 1. The van der Waals surface area contributed by atoms with Crippen LogP contribution in [-0.2, 0) is 16.1 Å². The highest BCUT2D eigenvalue weighted by Crippen LogP contribution is 2.33. The van der Waals surface area contributed by atoms with Gasteiger partial charge in [-0.15, -0.1) is 0 Å². The lowest BCUT2D eigenvalue weighted by atomic mass is 10.1. The van der Waals surface area contributed by atoms with E-state index in [-0.39, 0.29) is 27.6 Å². The van der Waals surface area contributed by atoms with Gasteiger partial charge in [0.1, 0.15) is 22.8 Å². The number of carbonyl (C=O) groups is 2. The molecule has 1 N–H and O–H groups in total. The van der Waals surface area contributed by atoms with Crippen molar-refractivity contribution in [2.75, 3.05) is 6.61 Å². The average molecular weight is 417 g/mol. The molecule has 150 valence electrons. The van der Waals surface area contributed by atoms with Gasteiger partial charge in [0.05, 0.1) is 10.6 Å². The molecule has 0 saturated carbocycles. The number of ether oxygens (including phenoxy) is 1. The summed E-state index contributed by atoms with van der Waals surface area (Å²) in [4.78, 5) is 24.5. The highest BCUT2D eigenvalue weighted by atomic mass is 35.5. The van der Waals surface area contributed by atoms with Crippen LogP contribution in [0.1, 0.15) is 27.2 Å². The van der Waals surface area contributed by atoms with Gasteiger partial charge in [-0.25, -0.2) is 9.18 Å². The van der Waals surface area contributed by atoms with Crippen molar-refractivity contribution in [3.8, 4) is 11.3 Å². The molecular formula is C21H18ClFN2O4. The minimum absolute atomic E-state index is 0.0678. The third kappa shape index (κ3) is 4.81. The molecule has 6 nitrogen and oxygen atoms in total. The van der Waals surface area contributed by atoms with Crippen molar-refractivity contribution in [3.63, 3.8) is 0 Å². The van der Waals surface area contributed by atoms with Crippen LogP contribution >= 0.6 is 11.6 Å². The smallest absolute Gasteiger partial charge is 0.344 e. The molecule has 0 bridgehead atoms. The molecule has 0 radical (unpaired) electrons. The molecule has 3 aromatic rings. The monoisotopic (exact) mass is 416 g/mol. The molecule has 0 saturated heterocycles. The summed E-state index contributed by atoms with van der Waals surface area (Å²) in [5.74, 6) is -1.86. The number of carbonyl (C=O) groups excluding carboxylic acids is 2. The van der Waals surface area contributed by atoms with E-state index < -0.39 is 24.3 Å². The summed E-state index contributed by atoms with van der Waals surface area (Å²) in [5.41, 5.74) is 1.81. The van der Waals surface area contributed by atoms with Crippen molar-refractivity contribution < 1.29 is 23.2 Å². The van der Waals surface area contributed by atoms with Gasteiger partial charge >= 0.3 is 5.97 Å². The Morgan fingerprint density at radius 2 is 1.90 bits per heavy atom. The van der Waals surface area contributed by atoms with Crippen molar-refractivity contribution >= 4 is 23.5 Å². The van der Waals surface area contributed by atoms with E-state index in [0.29, 0.717) is 6.54 Å². The first-order valence-electron chi connectivity index (χ1n) is 8.77. The van der Waals surface area contributed by atoms with Gasteiger partial charge in [0.2, 0.25) is 0 Å². The summed E-state index contributed by atoms with van der Waals surface area (Å²) in [7, 11) is 0. The zero-order valence-electron chi connectivity index (χ0n) is 15.8. The summed E-state index contributed by atoms with van der Waals surface area (Å²) in [6.07, 6.45) is 0. The predicted octanol–water partition coefficient (Wildman–Crippen LogP) is 4.22. The quantitative estimate of drug-likeness (QED) is 0.608. The van der Waals surface area contributed by atoms with Crippen LogP contribution < -0.4 is 5.32 Å². The molecule has 3 rings (SSSR count). The van der Waals surface area contributed by atoms with Gasteiger partial charge in [-0.05, 0) is 31.5 Å². The first-order valence-corrected chi connectivity index (χ1v) is 9.14. The zero-order valence-corrected chi connectivity index (χ0v) is 16.5. The summed E-state index contributed by atoms with van der Waals surface area (Å²) in [6.45, 7) is 3.26. The molecule has 0 spiro atoms. The second-order valence-corrected chi connectivity index (χ2v) is 6.80. The molecule has 0 fully saturated rings. The number of halogens is 2. The number of aryl methyl sites for hydroxylation is 2. The van der Waals surface area contributed by atoms with Gasteiger partial charge in [0.25, 0.3) is 5.91 Å². The van der Waals surface area contributed by atoms with Gasteiger partial charge < -0.3 is 14.6 Å². The summed E-state index contributed by atoms with van der Waals surface area (Å²) in [6, 6.07) is 11.8. The number of hydrogen-bond donors (Lipinski definition) is 1. The van der Waals surface area contributed by atoms with Gasteiger partial charge in [0.15, 0.2) is 6.61 Å². The molecule has 0 unspecified atom stereocenters. The number of amides is 1. The van der Waals surface area contributed by atoms with Crippen molar-refractivity contribution in [1.82, 2.24) is 10.5 Å². The summed E-state index contributed by atoms with van der Waals surface area (Å²) >= 11 is 6.05. The fourth-order valence-corrected chi connectivity index (χ4v) is 2.92. The van der Waals surface area contributed by atoms with E-state index in [1.807, 2.05) is 31.2 Å². The lowest BCUT2D eigenvalue weighted by Gasteiger charge is -2.08. The number of nitrogens with zero attached hydrogens (tertiary/aromatic N) is 1.